The Morgan fingerprint density at radius 1 is 1.42 bits per heavy atom. The maximum absolute atomic E-state index is 9.60. The molecule has 12 heavy (non-hydrogen) atoms. The van der Waals surface area contributed by atoms with Gasteiger partial charge in [-0.2, -0.15) is 11.8 Å². The van der Waals surface area contributed by atoms with Gasteiger partial charge >= 0.3 is 0 Å². The van der Waals surface area contributed by atoms with E-state index in [2.05, 4.69) is 18.5 Å². The number of thioether (sulfide) groups is 1. The van der Waals surface area contributed by atoms with Crippen molar-refractivity contribution >= 4 is 11.8 Å². The third-order valence-corrected chi connectivity index (χ3v) is 3.14. The summed E-state index contributed by atoms with van der Waals surface area (Å²) in [7, 11) is 0. The zero-order valence-electron chi connectivity index (χ0n) is 8.72. The van der Waals surface area contributed by atoms with Gasteiger partial charge in [-0.15, -0.1) is 0 Å². The van der Waals surface area contributed by atoms with E-state index in [-0.39, 0.29) is 6.04 Å². The maximum atomic E-state index is 9.60. The van der Waals surface area contributed by atoms with Crippen molar-refractivity contribution in [2.75, 3.05) is 12.8 Å². The average Bonchev–Trinajstić information content (AvgIpc) is 1.97. The summed E-state index contributed by atoms with van der Waals surface area (Å²) in [5.74, 6) is 0. The molecule has 2 atom stereocenters. The fourth-order valence-electron chi connectivity index (χ4n) is 0.676. The second-order valence-corrected chi connectivity index (χ2v) is 5.11. The highest BCUT2D eigenvalue weighted by Gasteiger charge is 2.21. The maximum Gasteiger partial charge on any atom is 0.0741 e. The van der Waals surface area contributed by atoms with Gasteiger partial charge in [-0.1, -0.05) is 6.92 Å². The highest BCUT2D eigenvalue weighted by molar-refractivity contribution is 7.99. The molecule has 0 radical (unpaired) electrons. The van der Waals surface area contributed by atoms with E-state index in [9.17, 15) is 5.11 Å². The topological polar surface area (TPSA) is 32.3 Å². The molecule has 0 aliphatic heterocycles. The summed E-state index contributed by atoms with van der Waals surface area (Å²) in [6.07, 6.45) is 2.10. The van der Waals surface area contributed by atoms with Gasteiger partial charge in [0, 0.05) is 17.8 Å². The molecule has 0 amide bonds. The minimum absolute atomic E-state index is 0.145. The number of rotatable bonds is 5. The summed E-state index contributed by atoms with van der Waals surface area (Å²) in [5, 5.41) is 13.5. The van der Waals surface area contributed by atoms with E-state index in [1.807, 2.05) is 32.5 Å². The molecule has 0 heterocycles. The Hall–Kier alpha value is 0.270. The molecular weight excluding hydrogens is 170 g/mol. The molecule has 2 nitrogen and oxygen atoms in total. The first-order valence-electron chi connectivity index (χ1n) is 4.36. The molecule has 0 saturated heterocycles. The largest absolute Gasteiger partial charge is 0.389 e. The van der Waals surface area contributed by atoms with Gasteiger partial charge in [0.1, 0.15) is 0 Å². The van der Waals surface area contributed by atoms with Crippen LogP contribution in [0.15, 0.2) is 0 Å². The van der Waals surface area contributed by atoms with Gasteiger partial charge in [-0.3, -0.25) is 0 Å². The Labute approximate surface area is 80.1 Å². The van der Waals surface area contributed by atoms with Crippen LogP contribution in [0.25, 0.3) is 0 Å². The minimum atomic E-state index is -0.627. The van der Waals surface area contributed by atoms with Crippen molar-refractivity contribution in [2.24, 2.45) is 0 Å². The highest BCUT2D eigenvalue weighted by Crippen LogP contribution is 2.09. The zero-order valence-corrected chi connectivity index (χ0v) is 9.53. The van der Waals surface area contributed by atoms with Gasteiger partial charge in [0.2, 0.25) is 0 Å². The Kier molecular flexibility index (Phi) is 5.21. The molecule has 0 aromatic rings. The van der Waals surface area contributed by atoms with Crippen molar-refractivity contribution in [2.45, 2.75) is 44.6 Å². The summed E-state index contributed by atoms with van der Waals surface area (Å²) in [5.41, 5.74) is -0.627. The molecule has 0 aliphatic carbocycles. The standard InChI is InChI=1S/C9H21NOS/c1-7(12-5)6-10-8(2)9(3,4)11/h7-8,10-11H,6H2,1-5H3. The van der Waals surface area contributed by atoms with Crippen LogP contribution in [0.2, 0.25) is 0 Å². The number of nitrogens with one attached hydrogen (secondary N) is 1. The van der Waals surface area contributed by atoms with Crippen LogP contribution < -0.4 is 5.32 Å². The van der Waals surface area contributed by atoms with E-state index >= 15 is 0 Å². The zero-order chi connectivity index (χ0) is 9.78. The van der Waals surface area contributed by atoms with E-state index in [0.29, 0.717) is 5.25 Å². The summed E-state index contributed by atoms with van der Waals surface area (Å²) >= 11 is 1.83. The minimum Gasteiger partial charge on any atom is -0.389 e. The van der Waals surface area contributed by atoms with Crippen LogP contribution in [0.1, 0.15) is 27.7 Å². The lowest BCUT2D eigenvalue weighted by atomic mass is 10.0. The predicted octanol–water partition coefficient (Wildman–Crippen LogP) is 1.49. The van der Waals surface area contributed by atoms with Crippen molar-refractivity contribution in [3.63, 3.8) is 0 Å². The first kappa shape index (κ1) is 12.3. The molecule has 0 aliphatic rings. The van der Waals surface area contributed by atoms with Crippen LogP contribution in [-0.2, 0) is 0 Å². The quantitative estimate of drug-likeness (QED) is 0.690. The Balaban J connectivity index is 3.64. The lowest BCUT2D eigenvalue weighted by Gasteiger charge is -2.27. The fourth-order valence-corrected chi connectivity index (χ4v) is 0.939. The van der Waals surface area contributed by atoms with E-state index in [4.69, 9.17) is 0 Å². The van der Waals surface area contributed by atoms with Gasteiger partial charge in [0.15, 0.2) is 0 Å². The molecule has 0 aromatic heterocycles. The predicted molar refractivity (Wildman–Crippen MR) is 56.7 cm³/mol. The van der Waals surface area contributed by atoms with E-state index in [0.717, 1.165) is 6.54 Å². The molecule has 2 N–H and O–H groups in total. The van der Waals surface area contributed by atoms with Crippen LogP contribution in [0.3, 0.4) is 0 Å². The van der Waals surface area contributed by atoms with E-state index < -0.39 is 5.60 Å². The molecule has 0 spiro atoms. The van der Waals surface area contributed by atoms with Gasteiger partial charge < -0.3 is 10.4 Å². The van der Waals surface area contributed by atoms with Gasteiger partial charge in [0.05, 0.1) is 5.60 Å². The van der Waals surface area contributed by atoms with Crippen LogP contribution in [0, 0.1) is 0 Å². The van der Waals surface area contributed by atoms with Gasteiger partial charge in [0.25, 0.3) is 0 Å². The Morgan fingerprint density at radius 2 is 1.92 bits per heavy atom. The molecule has 0 aromatic carbocycles. The molecule has 74 valence electrons. The Morgan fingerprint density at radius 3 is 2.25 bits per heavy atom. The van der Waals surface area contributed by atoms with Crippen LogP contribution in [0.5, 0.6) is 0 Å². The van der Waals surface area contributed by atoms with Crippen molar-refractivity contribution in [3.05, 3.63) is 0 Å². The molecule has 0 rings (SSSR count). The second kappa shape index (κ2) is 5.10. The smallest absolute Gasteiger partial charge is 0.0741 e. The first-order valence-corrected chi connectivity index (χ1v) is 5.65. The normalized spacial score (nSPS) is 17.5. The van der Waals surface area contributed by atoms with Gasteiger partial charge in [-0.05, 0) is 27.0 Å². The molecular formula is C9H21NOS. The first-order chi connectivity index (χ1) is 5.38. The van der Waals surface area contributed by atoms with Crippen LogP contribution in [0.4, 0.5) is 0 Å². The monoisotopic (exact) mass is 191 g/mol. The third-order valence-electron chi connectivity index (χ3n) is 2.17. The molecule has 0 bridgehead atoms. The SMILES string of the molecule is CSC(C)CNC(C)C(C)(C)O. The molecule has 3 heteroatoms. The summed E-state index contributed by atoms with van der Waals surface area (Å²) in [6.45, 7) is 8.79. The van der Waals surface area contributed by atoms with Crippen molar-refractivity contribution in [3.8, 4) is 0 Å². The Bertz CT molecular complexity index is 122. The number of hydrogen-bond donors (Lipinski definition) is 2. The highest BCUT2D eigenvalue weighted by atomic mass is 32.2. The lowest BCUT2D eigenvalue weighted by molar-refractivity contribution is 0.0447. The second-order valence-electron chi connectivity index (χ2n) is 3.83. The number of aliphatic hydroxyl groups is 1. The van der Waals surface area contributed by atoms with Crippen LogP contribution in [-0.4, -0.2) is 34.8 Å². The van der Waals surface area contributed by atoms with Crippen LogP contribution >= 0.6 is 11.8 Å². The van der Waals surface area contributed by atoms with Crippen molar-refractivity contribution in [1.29, 1.82) is 0 Å². The summed E-state index contributed by atoms with van der Waals surface area (Å²) in [4.78, 5) is 0. The summed E-state index contributed by atoms with van der Waals surface area (Å²) in [6, 6.07) is 0.145. The molecule has 0 saturated carbocycles. The lowest BCUT2D eigenvalue weighted by Crippen LogP contribution is -2.46. The van der Waals surface area contributed by atoms with Crippen molar-refractivity contribution in [1.82, 2.24) is 5.32 Å². The van der Waals surface area contributed by atoms with E-state index in [1.165, 1.54) is 0 Å². The fraction of sp³-hybridized carbons (Fsp3) is 1.00. The summed E-state index contributed by atoms with van der Waals surface area (Å²) < 4.78 is 0. The van der Waals surface area contributed by atoms with Crippen molar-refractivity contribution < 1.29 is 5.11 Å². The third kappa shape index (κ3) is 5.01. The van der Waals surface area contributed by atoms with E-state index in [1.54, 1.807) is 0 Å². The molecule has 2 unspecified atom stereocenters. The average molecular weight is 191 g/mol. The van der Waals surface area contributed by atoms with Gasteiger partial charge in [-0.25, -0.2) is 0 Å². The number of hydrogen-bond acceptors (Lipinski definition) is 3. The molecule has 0 fully saturated rings.